The van der Waals surface area contributed by atoms with Crippen molar-refractivity contribution in [1.29, 1.82) is 0 Å². The average Bonchev–Trinajstić information content (AvgIpc) is 2.65. The van der Waals surface area contributed by atoms with Crippen LogP contribution in [0.4, 0.5) is 4.39 Å². The molecular weight excluding hydrogens is 355 g/mol. The fourth-order valence-electron chi connectivity index (χ4n) is 3.08. The van der Waals surface area contributed by atoms with Gasteiger partial charge < -0.3 is 15.2 Å². The fraction of sp³-hybridized carbons (Fsp3) is 0.455. The van der Waals surface area contributed by atoms with Crippen LogP contribution in [-0.2, 0) is 13.0 Å². The highest BCUT2D eigenvalue weighted by molar-refractivity contribution is 5.79. The Hall–Kier alpha value is -2.63. The Kier molecular flexibility index (Phi) is 8.72. The lowest BCUT2D eigenvalue weighted by atomic mass is 10.1. The lowest BCUT2D eigenvalue weighted by molar-refractivity contribution is 0.585. The summed E-state index contributed by atoms with van der Waals surface area (Å²) in [5, 5.41) is 6.57. The summed E-state index contributed by atoms with van der Waals surface area (Å²) in [5.74, 6) is 0.590. The molecule has 5 nitrogen and oxygen atoms in total. The zero-order valence-electron chi connectivity index (χ0n) is 17.1. The summed E-state index contributed by atoms with van der Waals surface area (Å²) in [6.45, 7) is 8.86. The molecule has 0 aliphatic heterocycles. The first-order valence-electron chi connectivity index (χ1n) is 9.95. The van der Waals surface area contributed by atoms with Gasteiger partial charge in [0.15, 0.2) is 5.96 Å². The number of hydrogen-bond donors (Lipinski definition) is 2. The highest BCUT2D eigenvalue weighted by Gasteiger charge is 2.02. The Morgan fingerprint density at radius 2 is 1.96 bits per heavy atom. The van der Waals surface area contributed by atoms with E-state index in [-0.39, 0.29) is 11.4 Å². The number of rotatable bonds is 9. The van der Waals surface area contributed by atoms with E-state index >= 15 is 0 Å². The average molecular weight is 387 g/mol. The van der Waals surface area contributed by atoms with Gasteiger partial charge in [-0.05, 0) is 69.4 Å². The molecule has 2 aromatic rings. The van der Waals surface area contributed by atoms with Crippen LogP contribution in [0.5, 0.6) is 0 Å². The third-order valence-electron chi connectivity index (χ3n) is 4.66. The largest absolute Gasteiger partial charge is 0.357 e. The number of aliphatic imine (C=N–C) groups is 1. The van der Waals surface area contributed by atoms with Gasteiger partial charge in [0, 0.05) is 37.9 Å². The molecule has 0 radical (unpaired) electrons. The van der Waals surface area contributed by atoms with Gasteiger partial charge in [-0.3, -0.25) is 9.79 Å². The third-order valence-corrected chi connectivity index (χ3v) is 4.66. The van der Waals surface area contributed by atoms with Crippen LogP contribution in [0, 0.1) is 19.7 Å². The Morgan fingerprint density at radius 1 is 1.14 bits per heavy atom. The lowest BCUT2D eigenvalue weighted by Gasteiger charge is -2.12. The Morgan fingerprint density at radius 3 is 2.68 bits per heavy atom. The molecule has 0 bridgehead atoms. The van der Waals surface area contributed by atoms with Crippen LogP contribution < -0.4 is 16.2 Å². The maximum atomic E-state index is 13.2. The van der Waals surface area contributed by atoms with Crippen molar-refractivity contribution in [2.75, 3.05) is 19.6 Å². The number of aromatic nitrogens is 1. The van der Waals surface area contributed by atoms with Gasteiger partial charge in [0.2, 0.25) is 0 Å². The molecule has 152 valence electrons. The number of unbranched alkanes of at least 4 members (excludes halogenated alkanes) is 1. The molecule has 0 saturated carbocycles. The molecule has 0 unspecified atom stereocenters. The van der Waals surface area contributed by atoms with Crippen molar-refractivity contribution in [3.8, 4) is 0 Å². The number of aryl methyl sites for hydroxylation is 2. The van der Waals surface area contributed by atoms with Crippen LogP contribution in [-0.4, -0.2) is 30.2 Å². The number of benzene rings is 1. The second-order valence-corrected chi connectivity index (χ2v) is 6.87. The van der Waals surface area contributed by atoms with E-state index in [0.717, 1.165) is 61.7 Å². The van der Waals surface area contributed by atoms with E-state index in [1.807, 2.05) is 32.9 Å². The van der Waals surface area contributed by atoms with E-state index in [1.165, 1.54) is 6.07 Å². The normalized spacial score (nSPS) is 11.5. The smallest absolute Gasteiger partial charge is 0.250 e. The molecule has 1 heterocycles. The standard InChI is InChI=1S/C22H31FN4O/c1-4-24-22(26-14-12-19-10-11-20(23)16-17(19)2)25-13-5-6-15-27-18(3)8-7-9-21(27)28/h7-11,16H,4-6,12-15H2,1-3H3,(H2,24,25,26). The van der Waals surface area contributed by atoms with Gasteiger partial charge in [-0.2, -0.15) is 0 Å². The van der Waals surface area contributed by atoms with Crippen LogP contribution in [0.2, 0.25) is 0 Å². The summed E-state index contributed by atoms with van der Waals surface area (Å²) in [6.07, 6.45) is 2.63. The van der Waals surface area contributed by atoms with Gasteiger partial charge in [0.1, 0.15) is 5.82 Å². The highest BCUT2D eigenvalue weighted by atomic mass is 19.1. The topological polar surface area (TPSA) is 58.4 Å². The molecule has 0 amide bonds. The summed E-state index contributed by atoms with van der Waals surface area (Å²) in [4.78, 5) is 16.5. The highest BCUT2D eigenvalue weighted by Crippen LogP contribution is 2.10. The van der Waals surface area contributed by atoms with Crippen LogP contribution in [0.25, 0.3) is 0 Å². The number of hydrogen-bond acceptors (Lipinski definition) is 2. The van der Waals surface area contributed by atoms with Crippen molar-refractivity contribution < 1.29 is 4.39 Å². The molecule has 0 spiro atoms. The van der Waals surface area contributed by atoms with E-state index in [1.54, 1.807) is 22.8 Å². The van der Waals surface area contributed by atoms with Crippen LogP contribution in [0.3, 0.4) is 0 Å². The monoisotopic (exact) mass is 386 g/mol. The van der Waals surface area contributed by atoms with E-state index in [9.17, 15) is 9.18 Å². The van der Waals surface area contributed by atoms with Crippen LogP contribution in [0.15, 0.2) is 46.2 Å². The first kappa shape index (κ1) is 21.7. The van der Waals surface area contributed by atoms with Gasteiger partial charge in [-0.15, -0.1) is 0 Å². The van der Waals surface area contributed by atoms with Gasteiger partial charge in [0.05, 0.1) is 0 Å². The quantitative estimate of drug-likeness (QED) is 0.395. The summed E-state index contributed by atoms with van der Waals surface area (Å²) >= 11 is 0. The number of nitrogens with one attached hydrogen (secondary N) is 2. The molecule has 0 fully saturated rings. The van der Waals surface area contributed by atoms with Crippen molar-refractivity contribution >= 4 is 5.96 Å². The second-order valence-electron chi connectivity index (χ2n) is 6.87. The van der Waals surface area contributed by atoms with E-state index in [4.69, 9.17) is 0 Å². The molecule has 1 aromatic heterocycles. The van der Waals surface area contributed by atoms with E-state index in [0.29, 0.717) is 6.54 Å². The lowest BCUT2D eigenvalue weighted by Crippen LogP contribution is -2.38. The van der Waals surface area contributed by atoms with Gasteiger partial charge in [-0.25, -0.2) is 4.39 Å². The summed E-state index contributed by atoms with van der Waals surface area (Å²) in [6, 6.07) is 10.2. The molecule has 0 saturated heterocycles. The van der Waals surface area contributed by atoms with E-state index in [2.05, 4.69) is 15.6 Å². The van der Waals surface area contributed by atoms with Gasteiger partial charge in [-0.1, -0.05) is 12.1 Å². The zero-order valence-corrected chi connectivity index (χ0v) is 17.1. The van der Waals surface area contributed by atoms with E-state index < -0.39 is 0 Å². The minimum Gasteiger partial charge on any atom is -0.357 e. The Balaban J connectivity index is 1.77. The molecule has 0 aliphatic carbocycles. The third kappa shape index (κ3) is 6.83. The van der Waals surface area contributed by atoms with Crippen LogP contribution >= 0.6 is 0 Å². The summed E-state index contributed by atoms with van der Waals surface area (Å²) in [5.41, 5.74) is 3.14. The second kappa shape index (κ2) is 11.3. The molecule has 0 aliphatic rings. The maximum Gasteiger partial charge on any atom is 0.250 e. The minimum atomic E-state index is -0.197. The maximum absolute atomic E-state index is 13.2. The predicted octanol–water partition coefficient (Wildman–Crippen LogP) is 3.18. The van der Waals surface area contributed by atoms with Crippen molar-refractivity contribution in [3.05, 3.63) is 69.4 Å². The number of pyridine rings is 1. The van der Waals surface area contributed by atoms with Crippen molar-refractivity contribution in [2.24, 2.45) is 4.99 Å². The molecule has 6 heteroatoms. The van der Waals surface area contributed by atoms with Crippen molar-refractivity contribution in [2.45, 2.75) is 46.6 Å². The molecule has 2 rings (SSSR count). The molecule has 2 N–H and O–H groups in total. The Labute approximate surface area is 166 Å². The first-order chi connectivity index (χ1) is 13.5. The SMILES string of the molecule is CCNC(=NCCCCn1c(C)cccc1=O)NCCc1ccc(F)cc1C. The minimum absolute atomic E-state index is 0.0505. The summed E-state index contributed by atoms with van der Waals surface area (Å²) < 4.78 is 15.0. The molecule has 1 aromatic carbocycles. The van der Waals surface area contributed by atoms with Gasteiger partial charge in [0.25, 0.3) is 5.56 Å². The number of halogens is 1. The molecule has 0 atom stereocenters. The van der Waals surface area contributed by atoms with Crippen molar-refractivity contribution in [1.82, 2.24) is 15.2 Å². The molecular formula is C22H31FN4O. The number of nitrogens with zero attached hydrogens (tertiary/aromatic N) is 2. The van der Waals surface area contributed by atoms with Crippen molar-refractivity contribution in [3.63, 3.8) is 0 Å². The number of guanidine groups is 1. The predicted molar refractivity (Wildman–Crippen MR) is 113 cm³/mol. The fourth-order valence-corrected chi connectivity index (χ4v) is 3.08. The zero-order chi connectivity index (χ0) is 20.4. The first-order valence-corrected chi connectivity index (χ1v) is 9.95. The van der Waals surface area contributed by atoms with Crippen LogP contribution in [0.1, 0.15) is 36.6 Å². The van der Waals surface area contributed by atoms with Gasteiger partial charge >= 0.3 is 0 Å². The Bertz CT molecular complexity index is 845. The summed E-state index contributed by atoms with van der Waals surface area (Å²) in [7, 11) is 0. The molecule has 28 heavy (non-hydrogen) atoms.